The van der Waals surface area contributed by atoms with E-state index in [4.69, 9.17) is 5.11 Å². The van der Waals surface area contributed by atoms with E-state index in [2.05, 4.69) is 19.9 Å². The third kappa shape index (κ3) is 1.000. The van der Waals surface area contributed by atoms with Crippen molar-refractivity contribution in [1.29, 1.82) is 0 Å². The summed E-state index contributed by atoms with van der Waals surface area (Å²) in [5, 5.41) is 9.76. The summed E-state index contributed by atoms with van der Waals surface area (Å²) >= 11 is 0. The van der Waals surface area contributed by atoms with Crippen molar-refractivity contribution in [2.45, 2.75) is 0 Å². The molecule has 0 aromatic carbocycles. The second-order valence-electron chi connectivity index (χ2n) is 3.86. The number of imidazole rings is 2. The van der Waals surface area contributed by atoms with Crippen molar-refractivity contribution in [3.8, 4) is 0 Å². The van der Waals surface area contributed by atoms with Gasteiger partial charge in [-0.25, -0.2) is 24.7 Å². The topological polar surface area (TPSA) is 93.3 Å². The molecule has 0 radical (unpaired) electrons. The highest BCUT2D eigenvalue weighted by molar-refractivity contribution is 5.88. The van der Waals surface area contributed by atoms with Crippen molar-refractivity contribution in [2.75, 3.05) is 0 Å². The molecule has 1 aliphatic carbocycles. The van der Waals surface area contributed by atoms with E-state index in [1.54, 1.807) is 4.40 Å². The molecule has 18 heavy (non-hydrogen) atoms. The molecule has 0 aliphatic heterocycles. The second kappa shape index (κ2) is 2.89. The summed E-state index contributed by atoms with van der Waals surface area (Å²) in [7, 11) is 0. The van der Waals surface area contributed by atoms with Crippen LogP contribution in [0.15, 0.2) is 12.3 Å². The molecule has 0 saturated heterocycles. The Morgan fingerprint density at radius 1 is 1.28 bits per heavy atom. The number of aromatic nitrogens is 5. The van der Waals surface area contributed by atoms with Gasteiger partial charge in [-0.1, -0.05) is 6.08 Å². The van der Waals surface area contributed by atoms with Gasteiger partial charge in [-0.3, -0.25) is 4.40 Å². The van der Waals surface area contributed by atoms with Gasteiger partial charge in [0.25, 0.3) is 0 Å². The predicted molar refractivity (Wildman–Crippen MR) is 61.8 cm³/mol. The van der Waals surface area contributed by atoms with Gasteiger partial charge in [0.05, 0.1) is 17.2 Å². The Kier molecular flexibility index (Phi) is 1.48. The number of hydrogen-bond donors (Lipinski definition) is 1. The number of carboxylic acid groups (broad SMARTS) is 1. The number of rotatable bonds is 1. The average Bonchev–Trinajstić information content (AvgIpc) is 2.99. The lowest BCUT2D eigenvalue weighted by atomic mass is 10.5. The van der Waals surface area contributed by atoms with Gasteiger partial charge in [0.15, 0.2) is 5.65 Å². The van der Waals surface area contributed by atoms with Crippen LogP contribution in [0.2, 0.25) is 0 Å². The van der Waals surface area contributed by atoms with Crippen molar-refractivity contribution in [2.24, 2.45) is 0 Å². The van der Waals surface area contributed by atoms with Gasteiger partial charge in [0, 0.05) is 0 Å². The second-order valence-corrected chi connectivity index (χ2v) is 3.86. The molecule has 3 heterocycles. The number of allylic oxidation sites excluding steroid dienone is 1. The number of fused-ring (bicyclic) bond motifs is 5. The highest BCUT2D eigenvalue weighted by Crippen LogP contribution is 2.13. The summed E-state index contributed by atoms with van der Waals surface area (Å²) in [5.74, 6) is -0.893. The molecule has 0 fully saturated rings. The number of carboxylic acids is 1. The summed E-state index contributed by atoms with van der Waals surface area (Å²) in [5.41, 5.74) is 1.71. The first-order valence-corrected chi connectivity index (χ1v) is 5.20. The van der Waals surface area contributed by atoms with E-state index < -0.39 is 5.97 Å². The molecule has 4 rings (SSSR count). The summed E-state index contributed by atoms with van der Waals surface area (Å²) in [6.45, 7) is 0. The van der Waals surface area contributed by atoms with Crippen LogP contribution in [0.5, 0.6) is 0 Å². The lowest BCUT2D eigenvalue weighted by Gasteiger charge is -1.92. The lowest BCUT2D eigenvalue weighted by molar-refractivity contribution is 0.0685. The van der Waals surface area contributed by atoms with Gasteiger partial charge in [0.1, 0.15) is 5.52 Å². The highest BCUT2D eigenvalue weighted by atomic mass is 16.4. The molecule has 7 heteroatoms. The zero-order valence-electron chi connectivity index (χ0n) is 8.90. The maximum absolute atomic E-state index is 10.9. The zero-order chi connectivity index (χ0) is 12.3. The molecular formula is C11H5N5O2. The fraction of sp³-hybridized carbons (Fsp3) is 0. The number of aromatic carboxylic acids is 1. The summed E-state index contributed by atoms with van der Waals surface area (Å²) < 4.78 is 1.71. The van der Waals surface area contributed by atoms with Crippen molar-refractivity contribution in [3.05, 3.63) is 29.1 Å². The zero-order valence-corrected chi connectivity index (χ0v) is 8.90. The van der Waals surface area contributed by atoms with Crippen LogP contribution in [-0.4, -0.2) is 35.4 Å². The molecule has 0 unspecified atom stereocenters. The first-order valence-electron chi connectivity index (χ1n) is 5.20. The smallest absolute Gasteiger partial charge is 0.374 e. The first kappa shape index (κ1) is 9.23. The molecule has 0 saturated carbocycles. The highest BCUT2D eigenvalue weighted by Gasteiger charge is 2.16. The van der Waals surface area contributed by atoms with Crippen LogP contribution in [0.4, 0.5) is 0 Å². The monoisotopic (exact) mass is 239 g/mol. The van der Waals surface area contributed by atoms with E-state index in [1.165, 1.54) is 6.20 Å². The summed E-state index contributed by atoms with van der Waals surface area (Å²) in [6, 6.07) is 0. The van der Waals surface area contributed by atoms with E-state index in [0.717, 1.165) is 11.0 Å². The fourth-order valence-corrected chi connectivity index (χ4v) is 2.06. The van der Waals surface area contributed by atoms with E-state index in [0.29, 0.717) is 16.9 Å². The Balaban J connectivity index is 2.23. The number of nitrogens with zero attached hydrogens (tertiary/aromatic N) is 5. The van der Waals surface area contributed by atoms with Gasteiger partial charge in [0.2, 0.25) is 11.6 Å². The largest absolute Gasteiger partial charge is 0.475 e. The minimum Gasteiger partial charge on any atom is -0.475 e. The Bertz CT molecular complexity index is 909. The quantitative estimate of drug-likeness (QED) is 0.637. The third-order valence-corrected chi connectivity index (χ3v) is 2.80. The van der Waals surface area contributed by atoms with Crippen LogP contribution in [0.25, 0.3) is 29.1 Å². The third-order valence-electron chi connectivity index (χ3n) is 2.80. The lowest BCUT2D eigenvalue weighted by Crippen LogP contribution is -2.10. The van der Waals surface area contributed by atoms with E-state index in [-0.39, 0.29) is 5.82 Å². The standard InChI is InChI=1S/C11H5N5O2/c17-10(18)8-13-6-4-12-11-14-5-2-1-3-7(5)16(11)9(6)15-8/h1-4H,(H,17,18). The fourth-order valence-electron chi connectivity index (χ4n) is 2.06. The van der Waals surface area contributed by atoms with Crippen molar-refractivity contribution >= 4 is 35.1 Å². The first-order chi connectivity index (χ1) is 8.74. The Morgan fingerprint density at radius 2 is 2.17 bits per heavy atom. The summed E-state index contributed by atoms with van der Waals surface area (Å²) in [6.07, 6.45) is 7.10. The molecule has 0 spiro atoms. The van der Waals surface area contributed by atoms with Crippen LogP contribution in [0.1, 0.15) is 16.3 Å². The van der Waals surface area contributed by atoms with Gasteiger partial charge in [-0.05, 0) is 12.2 Å². The molecule has 3 aromatic heterocycles. The average molecular weight is 239 g/mol. The molecule has 3 aromatic rings. The van der Waals surface area contributed by atoms with Crippen molar-refractivity contribution in [1.82, 2.24) is 24.3 Å². The minimum absolute atomic E-state index is 0.229. The Hall–Kier alpha value is -2.83. The van der Waals surface area contributed by atoms with Crippen LogP contribution in [-0.2, 0) is 0 Å². The minimum atomic E-state index is -1.15. The van der Waals surface area contributed by atoms with Crippen molar-refractivity contribution in [3.63, 3.8) is 0 Å². The molecule has 0 bridgehead atoms. The van der Waals surface area contributed by atoms with E-state index in [1.807, 2.05) is 18.2 Å². The van der Waals surface area contributed by atoms with Crippen LogP contribution in [0.3, 0.4) is 0 Å². The van der Waals surface area contributed by atoms with Gasteiger partial charge >= 0.3 is 5.97 Å². The SMILES string of the molecule is O=C(O)c1nc2cnc3nc4c(n3c2n1)=CC=C4. The van der Waals surface area contributed by atoms with Crippen LogP contribution >= 0.6 is 0 Å². The maximum atomic E-state index is 10.9. The molecule has 1 aliphatic rings. The normalized spacial score (nSPS) is 13.1. The predicted octanol–water partition coefficient (Wildman–Crippen LogP) is -0.103. The maximum Gasteiger partial charge on any atom is 0.374 e. The molecule has 1 N–H and O–H groups in total. The van der Waals surface area contributed by atoms with E-state index >= 15 is 0 Å². The summed E-state index contributed by atoms with van der Waals surface area (Å²) in [4.78, 5) is 27.3. The van der Waals surface area contributed by atoms with E-state index in [9.17, 15) is 4.79 Å². The van der Waals surface area contributed by atoms with Crippen LogP contribution < -0.4 is 5.35 Å². The van der Waals surface area contributed by atoms with Gasteiger partial charge < -0.3 is 5.11 Å². The van der Waals surface area contributed by atoms with Crippen molar-refractivity contribution < 1.29 is 9.90 Å². The molecule has 86 valence electrons. The Morgan fingerprint density at radius 3 is 3.00 bits per heavy atom. The van der Waals surface area contributed by atoms with Gasteiger partial charge in [-0.2, -0.15) is 0 Å². The van der Waals surface area contributed by atoms with Gasteiger partial charge in [-0.15, -0.1) is 0 Å². The molecule has 7 nitrogen and oxygen atoms in total. The molecule has 0 atom stereocenters. The number of carbonyl (C=O) groups is 1. The van der Waals surface area contributed by atoms with Crippen LogP contribution in [0, 0.1) is 0 Å². The number of hydrogen-bond acceptors (Lipinski definition) is 5. The molecular weight excluding hydrogens is 234 g/mol. The molecule has 0 amide bonds. The Labute approximate surface area is 99.1 Å².